The van der Waals surface area contributed by atoms with Gasteiger partial charge in [-0.25, -0.2) is 0 Å². The van der Waals surface area contributed by atoms with E-state index in [1.165, 1.54) is 0 Å². The molecule has 0 spiro atoms. The Morgan fingerprint density at radius 3 is 3.00 bits per heavy atom. The second-order valence-electron chi connectivity index (χ2n) is 5.55. The first-order chi connectivity index (χ1) is 10.3. The van der Waals surface area contributed by atoms with Gasteiger partial charge in [0.15, 0.2) is 0 Å². The van der Waals surface area contributed by atoms with Crippen LogP contribution in [0, 0.1) is 0 Å². The average Bonchev–Trinajstić information content (AvgIpc) is 2.93. The molecule has 1 aromatic rings. The van der Waals surface area contributed by atoms with Gasteiger partial charge >= 0.3 is 0 Å². The largest absolute Gasteiger partial charge is 0.411 e. The monoisotopic (exact) mass is 288 g/mol. The Balaban J connectivity index is 1.85. The van der Waals surface area contributed by atoms with E-state index >= 15 is 0 Å². The van der Waals surface area contributed by atoms with Gasteiger partial charge in [0, 0.05) is 18.7 Å². The van der Waals surface area contributed by atoms with Crippen molar-refractivity contribution in [1.29, 1.82) is 0 Å². The van der Waals surface area contributed by atoms with Gasteiger partial charge in [-0.15, -0.1) is 0 Å². The summed E-state index contributed by atoms with van der Waals surface area (Å²) in [5, 5.41) is 12.6. The van der Waals surface area contributed by atoms with E-state index in [9.17, 15) is 10.0 Å². The third-order valence-corrected chi connectivity index (χ3v) is 4.15. The zero-order chi connectivity index (χ0) is 14.7. The highest BCUT2D eigenvalue weighted by Crippen LogP contribution is 2.28. The molecular formula is C16H20N2O3. The summed E-state index contributed by atoms with van der Waals surface area (Å²) in [6.07, 6.45) is 3.96. The number of oxime groups is 1. The van der Waals surface area contributed by atoms with Crippen LogP contribution in [0.25, 0.3) is 0 Å². The van der Waals surface area contributed by atoms with Crippen LogP contribution in [0.3, 0.4) is 0 Å². The lowest BCUT2D eigenvalue weighted by atomic mass is 10.1. The Labute approximate surface area is 124 Å². The first-order valence-electron chi connectivity index (χ1n) is 7.52. The van der Waals surface area contributed by atoms with Gasteiger partial charge in [0.25, 0.3) is 0 Å². The highest BCUT2D eigenvalue weighted by atomic mass is 16.5. The Bertz CT molecular complexity index is 550. The lowest BCUT2D eigenvalue weighted by Crippen LogP contribution is -2.34. The smallest absolute Gasteiger partial charge is 0.229 e. The minimum absolute atomic E-state index is 0.0545. The van der Waals surface area contributed by atoms with Crippen LogP contribution >= 0.6 is 0 Å². The molecule has 1 aromatic carbocycles. The molecule has 0 aliphatic carbocycles. The number of anilines is 1. The highest BCUT2D eigenvalue weighted by Gasteiger charge is 2.27. The van der Waals surface area contributed by atoms with Gasteiger partial charge in [-0.3, -0.25) is 4.79 Å². The molecular weight excluding hydrogens is 268 g/mol. The van der Waals surface area contributed by atoms with Crippen molar-refractivity contribution < 1.29 is 14.7 Å². The molecule has 1 fully saturated rings. The molecule has 0 radical (unpaired) electrons. The van der Waals surface area contributed by atoms with Crippen LogP contribution in [0.2, 0.25) is 0 Å². The SMILES string of the molecule is O=C(CC1CCCO1)N1CCC/C(=N/O)c2ccccc21. The summed E-state index contributed by atoms with van der Waals surface area (Å²) in [6, 6.07) is 7.63. The molecule has 1 saturated heterocycles. The first kappa shape index (κ1) is 14.1. The second kappa shape index (κ2) is 6.26. The zero-order valence-corrected chi connectivity index (χ0v) is 12.0. The average molecular weight is 288 g/mol. The minimum atomic E-state index is 0.0545. The van der Waals surface area contributed by atoms with Crippen LogP contribution in [0.4, 0.5) is 5.69 Å². The molecule has 1 amide bonds. The summed E-state index contributed by atoms with van der Waals surface area (Å²) >= 11 is 0. The Morgan fingerprint density at radius 1 is 1.38 bits per heavy atom. The van der Waals surface area contributed by atoms with Crippen molar-refractivity contribution in [2.24, 2.45) is 5.16 Å². The summed E-state index contributed by atoms with van der Waals surface area (Å²) in [6.45, 7) is 1.41. The molecule has 2 aliphatic heterocycles. The van der Waals surface area contributed by atoms with Crippen molar-refractivity contribution in [1.82, 2.24) is 0 Å². The molecule has 0 aromatic heterocycles. The minimum Gasteiger partial charge on any atom is -0.411 e. The number of carbonyl (C=O) groups is 1. The fraction of sp³-hybridized carbons (Fsp3) is 0.500. The number of benzene rings is 1. The first-order valence-corrected chi connectivity index (χ1v) is 7.52. The van der Waals surface area contributed by atoms with Crippen LogP contribution < -0.4 is 4.90 Å². The summed E-state index contributed by atoms with van der Waals surface area (Å²) in [5.74, 6) is 0.0912. The maximum Gasteiger partial charge on any atom is 0.229 e. The van der Waals surface area contributed by atoms with Gasteiger partial charge < -0.3 is 14.8 Å². The van der Waals surface area contributed by atoms with Crippen molar-refractivity contribution in [3.63, 3.8) is 0 Å². The number of rotatable bonds is 2. The van der Waals surface area contributed by atoms with Crippen LogP contribution in [-0.2, 0) is 9.53 Å². The number of amides is 1. The Kier molecular flexibility index (Phi) is 4.20. The van der Waals surface area contributed by atoms with Crippen LogP contribution in [-0.4, -0.2) is 36.1 Å². The zero-order valence-electron chi connectivity index (χ0n) is 12.0. The molecule has 1 unspecified atom stereocenters. The molecule has 1 atom stereocenters. The fourth-order valence-electron chi connectivity index (χ4n) is 3.09. The molecule has 1 N–H and O–H groups in total. The van der Waals surface area contributed by atoms with Gasteiger partial charge in [0.1, 0.15) is 0 Å². The van der Waals surface area contributed by atoms with Crippen molar-refractivity contribution in [2.45, 2.75) is 38.2 Å². The van der Waals surface area contributed by atoms with Gasteiger partial charge in [0.2, 0.25) is 5.91 Å². The summed E-state index contributed by atoms with van der Waals surface area (Å²) < 4.78 is 5.56. The standard InChI is InChI=1S/C16H20N2O3/c19-16(11-12-5-4-10-21-12)18-9-3-7-14(17-20)13-6-1-2-8-15(13)18/h1-2,6,8,12,20H,3-5,7,9-11H2/b17-14-. The molecule has 0 bridgehead atoms. The predicted molar refractivity (Wildman–Crippen MR) is 79.9 cm³/mol. The van der Waals surface area contributed by atoms with E-state index < -0.39 is 0 Å². The Morgan fingerprint density at radius 2 is 2.24 bits per heavy atom. The molecule has 21 heavy (non-hydrogen) atoms. The predicted octanol–water partition coefficient (Wildman–Crippen LogP) is 2.56. The molecule has 112 valence electrons. The summed E-state index contributed by atoms with van der Waals surface area (Å²) in [4.78, 5) is 14.4. The van der Waals surface area contributed by atoms with Gasteiger partial charge in [0.05, 0.1) is 23.9 Å². The van der Waals surface area contributed by atoms with E-state index in [1.54, 1.807) is 0 Å². The van der Waals surface area contributed by atoms with Gasteiger partial charge in [-0.05, 0) is 31.7 Å². The number of para-hydroxylation sites is 1. The number of carbonyl (C=O) groups excluding carboxylic acids is 1. The lowest BCUT2D eigenvalue weighted by Gasteiger charge is -2.24. The van der Waals surface area contributed by atoms with E-state index in [4.69, 9.17) is 4.74 Å². The van der Waals surface area contributed by atoms with E-state index in [0.717, 1.165) is 37.1 Å². The van der Waals surface area contributed by atoms with E-state index in [0.29, 0.717) is 25.1 Å². The lowest BCUT2D eigenvalue weighted by molar-refractivity contribution is -0.120. The topological polar surface area (TPSA) is 62.1 Å². The maximum absolute atomic E-state index is 12.6. The second-order valence-corrected chi connectivity index (χ2v) is 5.55. The van der Waals surface area contributed by atoms with Crippen molar-refractivity contribution in [2.75, 3.05) is 18.1 Å². The van der Waals surface area contributed by atoms with E-state index in [-0.39, 0.29) is 12.0 Å². The summed E-state index contributed by atoms with van der Waals surface area (Å²) in [7, 11) is 0. The van der Waals surface area contributed by atoms with Crippen molar-refractivity contribution in [3.8, 4) is 0 Å². The van der Waals surface area contributed by atoms with Crippen molar-refractivity contribution in [3.05, 3.63) is 29.8 Å². The van der Waals surface area contributed by atoms with Crippen LogP contribution in [0.1, 0.15) is 37.7 Å². The normalized spacial score (nSPS) is 23.9. The maximum atomic E-state index is 12.6. The summed E-state index contributed by atoms with van der Waals surface area (Å²) in [5.41, 5.74) is 2.34. The quantitative estimate of drug-likeness (QED) is 0.672. The molecule has 2 heterocycles. The highest BCUT2D eigenvalue weighted by molar-refractivity contribution is 6.09. The number of fused-ring (bicyclic) bond motifs is 1. The number of hydrogen-bond acceptors (Lipinski definition) is 4. The van der Waals surface area contributed by atoms with Crippen LogP contribution in [0.5, 0.6) is 0 Å². The third kappa shape index (κ3) is 2.93. The molecule has 2 aliphatic rings. The Hall–Kier alpha value is -1.88. The number of nitrogens with zero attached hydrogens (tertiary/aromatic N) is 2. The van der Waals surface area contributed by atoms with Crippen LogP contribution in [0.15, 0.2) is 29.4 Å². The van der Waals surface area contributed by atoms with Crippen molar-refractivity contribution >= 4 is 17.3 Å². The third-order valence-electron chi connectivity index (χ3n) is 4.15. The molecule has 5 heteroatoms. The molecule has 3 rings (SSSR count). The number of hydrogen-bond donors (Lipinski definition) is 1. The van der Waals surface area contributed by atoms with E-state index in [2.05, 4.69) is 5.16 Å². The van der Waals surface area contributed by atoms with Gasteiger partial charge in [-0.1, -0.05) is 23.4 Å². The van der Waals surface area contributed by atoms with Gasteiger partial charge in [-0.2, -0.15) is 0 Å². The van der Waals surface area contributed by atoms with E-state index in [1.807, 2.05) is 29.2 Å². The molecule has 5 nitrogen and oxygen atoms in total. The fourth-order valence-corrected chi connectivity index (χ4v) is 3.09. The molecule has 0 saturated carbocycles. The number of ether oxygens (including phenoxy) is 1.